The van der Waals surface area contributed by atoms with Crippen LogP contribution in [0.5, 0.6) is 0 Å². The van der Waals surface area contributed by atoms with E-state index < -0.39 is 18.4 Å². The maximum atomic E-state index is 10.9. The molecule has 2 aromatic rings. The summed E-state index contributed by atoms with van der Waals surface area (Å²) < 4.78 is 10.1. The fraction of sp³-hybridized carbons (Fsp3) is 0.143. The van der Waals surface area contributed by atoms with E-state index in [1.54, 1.807) is 12.1 Å². The van der Waals surface area contributed by atoms with E-state index in [1.807, 2.05) is 0 Å². The van der Waals surface area contributed by atoms with E-state index in [0.717, 1.165) is 0 Å². The molecular weight excluding hydrogens is 339 g/mol. The minimum absolute atomic E-state index is 0.125. The fourth-order valence-corrected chi connectivity index (χ4v) is 2.48. The quantitative estimate of drug-likeness (QED) is 0.438. The predicted octanol–water partition coefficient (Wildman–Crippen LogP) is 3.46. The summed E-state index contributed by atoms with van der Waals surface area (Å²) >= 11 is 0. The molecule has 0 atom stereocenters. The van der Waals surface area contributed by atoms with Gasteiger partial charge in [0.05, 0.1) is 34.2 Å². The van der Waals surface area contributed by atoms with Gasteiger partial charge in [-0.25, -0.2) is 0 Å². The molecule has 9 nitrogen and oxygen atoms in total. The van der Waals surface area contributed by atoms with E-state index in [2.05, 4.69) is 0 Å². The first-order chi connectivity index (χ1) is 11.5. The molecule has 0 bridgehead atoms. The summed E-state index contributed by atoms with van der Waals surface area (Å²) in [6.07, 6.45) is 0. The van der Waals surface area contributed by atoms with Crippen LogP contribution in [0.15, 0.2) is 48.5 Å². The van der Waals surface area contributed by atoms with Crippen molar-refractivity contribution < 1.29 is 23.8 Å². The van der Waals surface area contributed by atoms with Crippen LogP contribution in [0.25, 0.3) is 0 Å². The third-order valence-corrected chi connectivity index (χ3v) is 3.74. The molecule has 0 aliphatic heterocycles. The molecule has 0 amide bonds. The van der Waals surface area contributed by atoms with Crippen molar-refractivity contribution in [2.75, 3.05) is 0 Å². The molecule has 0 radical (unpaired) electrons. The Labute approximate surface area is 137 Å². The lowest BCUT2D eigenvalue weighted by atomic mass is 10.2. The molecule has 24 heavy (non-hydrogen) atoms. The first kappa shape index (κ1) is 17.9. The Morgan fingerprint density at radius 3 is 1.58 bits per heavy atom. The zero-order valence-electron chi connectivity index (χ0n) is 12.3. The van der Waals surface area contributed by atoms with Crippen LogP contribution in [-0.2, 0) is 22.3 Å². The van der Waals surface area contributed by atoms with E-state index >= 15 is 0 Å². The Morgan fingerprint density at radius 1 is 0.833 bits per heavy atom. The molecule has 0 heterocycles. The highest BCUT2D eigenvalue weighted by atomic mass is 31.2. The van der Waals surface area contributed by atoms with Gasteiger partial charge in [0.15, 0.2) is 0 Å². The maximum Gasteiger partial charge on any atom is 0.330 e. The molecule has 0 aliphatic rings. The molecule has 0 unspecified atom stereocenters. The smallest absolute Gasteiger partial charge is 0.328 e. The van der Waals surface area contributed by atoms with E-state index in [-0.39, 0.29) is 24.6 Å². The molecule has 0 aliphatic carbocycles. The van der Waals surface area contributed by atoms with Crippen molar-refractivity contribution in [2.24, 2.45) is 0 Å². The lowest BCUT2D eigenvalue weighted by molar-refractivity contribution is -0.385. The van der Waals surface area contributed by atoms with E-state index in [1.165, 1.54) is 36.4 Å². The summed E-state index contributed by atoms with van der Waals surface area (Å²) in [6, 6.07) is 11.9. The van der Waals surface area contributed by atoms with Crippen LogP contribution in [0.1, 0.15) is 11.1 Å². The average Bonchev–Trinajstić information content (AvgIpc) is 2.58. The van der Waals surface area contributed by atoms with E-state index in [0.29, 0.717) is 11.1 Å². The Kier molecular flexibility index (Phi) is 6.28. The van der Waals surface area contributed by atoms with Gasteiger partial charge in [-0.2, -0.15) is 0 Å². The van der Waals surface area contributed by atoms with Gasteiger partial charge < -0.3 is 13.9 Å². The van der Waals surface area contributed by atoms with Gasteiger partial charge in [0.25, 0.3) is 11.4 Å². The number of nitrogens with zero attached hydrogens (tertiary/aromatic N) is 2. The van der Waals surface area contributed by atoms with Crippen molar-refractivity contribution in [2.45, 2.75) is 13.2 Å². The Morgan fingerprint density at radius 2 is 1.21 bits per heavy atom. The normalized spacial score (nSPS) is 10.8. The van der Waals surface area contributed by atoms with Crippen LogP contribution in [0.4, 0.5) is 11.4 Å². The first-order valence-electron chi connectivity index (χ1n) is 6.68. The van der Waals surface area contributed by atoms with Crippen molar-refractivity contribution in [1.82, 2.24) is 0 Å². The summed E-state index contributed by atoms with van der Waals surface area (Å²) in [5, 5.41) is 21.8. The molecule has 0 spiro atoms. The molecule has 126 valence electrons. The minimum atomic E-state index is -2.34. The molecule has 1 N–H and O–H groups in total. The Balaban J connectivity index is 1.92. The van der Waals surface area contributed by atoms with Crippen molar-refractivity contribution in [3.8, 4) is 0 Å². The molecule has 0 saturated carbocycles. The topological polar surface area (TPSA) is 125 Å². The third kappa shape index (κ3) is 4.77. The second-order valence-electron chi connectivity index (χ2n) is 4.56. The lowest BCUT2D eigenvalue weighted by Gasteiger charge is -2.11. The van der Waals surface area contributed by atoms with Gasteiger partial charge in [0, 0.05) is 12.1 Å². The lowest BCUT2D eigenvalue weighted by Crippen LogP contribution is -1.99. The monoisotopic (exact) mass is 352 g/mol. The molecule has 0 saturated heterocycles. The number of hydrogen-bond donors (Lipinski definition) is 1. The largest absolute Gasteiger partial charge is 0.330 e. The highest BCUT2D eigenvalue weighted by Gasteiger charge is 2.17. The van der Waals surface area contributed by atoms with Gasteiger partial charge in [0.1, 0.15) is 0 Å². The number of nitro benzene ring substituents is 2. The summed E-state index contributed by atoms with van der Waals surface area (Å²) in [6.45, 7) is -0.424. The number of hydrogen-bond acceptors (Lipinski definition) is 7. The Hall–Kier alpha value is -2.45. The first-order valence-corrected chi connectivity index (χ1v) is 7.81. The van der Waals surface area contributed by atoms with E-state index in [9.17, 15) is 25.1 Å². The van der Waals surface area contributed by atoms with Gasteiger partial charge in [-0.15, -0.1) is 0 Å². The minimum Gasteiger partial charge on any atom is -0.328 e. The van der Waals surface area contributed by atoms with E-state index in [4.69, 9.17) is 9.05 Å². The van der Waals surface area contributed by atoms with Crippen LogP contribution >= 0.6 is 8.60 Å². The molecule has 10 heteroatoms. The van der Waals surface area contributed by atoms with Gasteiger partial charge in [-0.05, 0) is 12.1 Å². The highest BCUT2D eigenvalue weighted by Crippen LogP contribution is 2.37. The second kappa shape index (κ2) is 8.42. The summed E-state index contributed by atoms with van der Waals surface area (Å²) in [4.78, 5) is 30.4. The van der Waals surface area contributed by atoms with Gasteiger partial charge in [0.2, 0.25) is 0 Å². The molecule has 0 fully saturated rings. The molecule has 0 aromatic heterocycles. The van der Waals surface area contributed by atoms with Gasteiger partial charge in [-0.3, -0.25) is 20.2 Å². The fourth-order valence-electron chi connectivity index (χ4n) is 1.91. The molecular formula is C14H13N2O7P. The van der Waals surface area contributed by atoms with Crippen molar-refractivity contribution >= 4 is 20.0 Å². The van der Waals surface area contributed by atoms with Crippen LogP contribution in [0.2, 0.25) is 0 Å². The number of rotatable bonds is 8. The summed E-state index contributed by atoms with van der Waals surface area (Å²) in [5.74, 6) is 0. The van der Waals surface area contributed by atoms with Crippen LogP contribution in [0.3, 0.4) is 0 Å². The summed E-state index contributed by atoms with van der Waals surface area (Å²) in [5.41, 5.74) is 0.330. The van der Waals surface area contributed by atoms with Gasteiger partial charge >= 0.3 is 8.60 Å². The molecule has 2 aromatic carbocycles. The SMILES string of the molecule is O=[N+]([O-])c1ccccc1COP(O)OCc1ccccc1[N+](=O)[O-]. The number of para-hydroxylation sites is 2. The third-order valence-electron chi connectivity index (χ3n) is 3.04. The van der Waals surface area contributed by atoms with Crippen molar-refractivity contribution in [1.29, 1.82) is 0 Å². The standard InChI is InChI=1S/C14H13N2O7P/c17-15(18)13-7-3-1-5-11(13)9-22-24(21)23-10-12-6-2-4-8-14(12)16(19)20/h1-8,21H,9-10H2. The second-order valence-corrected chi connectivity index (χ2v) is 5.55. The molecule has 2 rings (SSSR count). The van der Waals surface area contributed by atoms with Gasteiger partial charge in [-0.1, -0.05) is 24.3 Å². The summed E-state index contributed by atoms with van der Waals surface area (Å²) in [7, 11) is -2.34. The number of nitro groups is 2. The predicted molar refractivity (Wildman–Crippen MR) is 84.9 cm³/mol. The highest BCUT2D eigenvalue weighted by molar-refractivity contribution is 7.40. The van der Waals surface area contributed by atoms with Crippen molar-refractivity contribution in [3.05, 3.63) is 79.9 Å². The zero-order chi connectivity index (χ0) is 17.5. The van der Waals surface area contributed by atoms with Crippen molar-refractivity contribution in [3.63, 3.8) is 0 Å². The maximum absolute atomic E-state index is 10.9. The van der Waals surface area contributed by atoms with Crippen LogP contribution < -0.4 is 0 Å². The Bertz CT molecular complexity index is 679. The van der Waals surface area contributed by atoms with Crippen LogP contribution in [0, 0.1) is 20.2 Å². The number of benzene rings is 2. The zero-order valence-corrected chi connectivity index (χ0v) is 13.2. The average molecular weight is 352 g/mol. The van der Waals surface area contributed by atoms with Crippen LogP contribution in [-0.4, -0.2) is 14.7 Å².